The van der Waals surface area contributed by atoms with Crippen LogP contribution in [-0.2, 0) is 14.1 Å². The molecule has 0 atom stereocenters. The van der Waals surface area contributed by atoms with E-state index in [1.165, 1.54) is 40.9 Å². The van der Waals surface area contributed by atoms with Crippen molar-refractivity contribution in [2.24, 2.45) is 14.1 Å². The molecule has 0 unspecified atom stereocenters. The van der Waals surface area contributed by atoms with Crippen molar-refractivity contribution in [2.75, 3.05) is 14.2 Å². The van der Waals surface area contributed by atoms with Crippen molar-refractivity contribution in [1.82, 2.24) is 9.13 Å². The van der Waals surface area contributed by atoms with E-state index in [-0.39, 0.29) is 0 Å². The van der Waals surface area contributed by atoms with Gasteiger partial charge in [-0.2, -0.15) is 0 Å². The van der Waals surface area contributed by atoms with Crippen LogP contribution in [-0.4, -0.2) is 23.4 Å². The SMILES string of the molecule is COc1ccc2c(c1)sc1cc3c(cc1n2C)sc1cc(OC)ccc1n3C. The predicted octanol–water partition coefficient (Wildman–Crippen LogP) is 6.24. The summed E-state index contributed by atoms with van der Waals surface area (Å²) in [5.74, 6) is 1.77. The molecule has 0 aliphatic heterocycles. The molecule has 0 radical (unpaired) electrons. The first-order valence-electron chi connectivity index (χ1n) is 8.96. The number of nitrogens with zero attached hydrogens (tertiary/aromatic N) is 2. The zero-order valence-electron chi connectivity index (χ0n) is 16.1. The molecule has 2 heterocycles. The first-order chi connectivity index (χ1) is 13.6. The summed E-state index contributed by atoms with van der Waals surface area (Å²) in [6.45, 7) is 0. The highest BCUT2D eigenvalue weighted by molar-refractivity contribution is 7.25. The van der Waals surface area contributed by atoms with Crippen LogP contribution in [0.25, 0.3) is 40.9 Å². The van der Waals surface area contributed by atoms with Crippen LogP contribution in [0.2, 0.25) is 0 Å². The van der Waals surface area contributed by atoms with Gasteiger partial charge in [-0.3, -0.25) is 0 Å². The average molecular weight is 409 g/mol. The van der Waals surface area contributed by atoms with Gasteiger partial charge in [0, 0.05) is 14.1 Å². The van der Waals surface area contributed by atoms with Gasteiger partial charge in [-0.1, -0.05) is 0 Å². The normalized spacial score (nSPS) is 11.6. The monoisotopic (exact) mass is 408 g/mol. The van der Waals surface area contributed by atoms with Crippen LogP contribution in [0, 0.1) is 0 Å². The maximum Gasteiger partial charge on any atom is 0.120 e. The van der Waals surface area contributed by atoms with Gasteiger partial charge in [0.15, 0.2) is 0 Å². The fourth-order valence-corrected chi connectivity index (χ4v) is 6.07. The Balaban J connectivity index is 1.89. The topological polar surface area (TPSA) is 28.3 Å². The summed E-state index contributed by atoms with van der Waals surface area (Å²) in [5, 5.41) is 0. The van der Waals surface area contributed by atoms with E-state index in [0.717, 1.165) is 11.5 Å². The van der Waals surface area contributed by atoms with E-state index >= 15 is 0 Å². The number of hydrogen-bond acceptors (Lipinski definition) is 4. The first kappa shape index (κ1) is 17.4. The van der Waals surface area contributed by atoms with Gasteiger partial charge in [0.05, 0.1) is 55.1 Å². The Labute approximate surface area is 170 Å². The van der Waals surface area contributed by atoms with Crippen molar-refractivity contribution in [3.63, 3.8) is 0 Å². The fraction of sp³-hybridized carbons (Fsp3) is 0.182. The molecule has 142 valence electrons. The quantitative estimate of drug-likeness (QED) is 0.323. The van der Waals surface area contributed by atoms with Crippen molar-refractivity contribution in [3.05, 3.63) is 48.5 Å². The summed E-state index contributed by atoms with van der Waals surface area (Å²) in [4.78, 5) is 0. The highest BCUT2D eigenvalue weighted by atomic mass is 32.1. The molecular formula is C22H20N2O2S2. The lowest BCUT2D eigenvalue weighted by Gasteiger charge is -2.15. The molecule has 5 aromatic rings. The Hall–Kier alpha value is -2.70. The van der Waals surface area contributed by atoms with Crippen LogP contribution in [0.5, 0.6) is 11.5 Å². The van der Waals surface area contributed by atoms with Gasteiger partial charge in [0.25, 0.3) is 0 Å². The number of aromatic nitrogens is 2. The molecule has 0 fully saturated rings. The maximum absolute atomic E-state index is 5.42. The lowest BCUT2D eigenvalue weighted by molar-refractivity contribution is 0.415. The van der Waals surface area contributed by atoms with Crippen LogP contribution in [0.3, 0.4) is 0 Å². The minimum Gasteiger partial charge on any atom is -0.497 e. The second kappa shape index (κ2) is 6.43. The van der Waals surface area contributed by atoms with E-state index in [9.17, 15) is 0 Å². The Kier molecular flexibility index (Phi) is 4.00. The lowest BCUT2D eigenvalue weighted by atomic mass is 10.2. The first-order valence-corrected chi connectivity index (χ1v) is 10.6. The third-order valence-corrected chi connectivity index (χ3v) is 7.45. The van der Waals surface area contributed by atoms with Gasteiger partial charge in [-0.15, -0.1) is 22.7 Å². The van der Waals surface area contributed by atoms with Gasteiger partial charge in [0.1, 0.15) is 11.5 Å². The summed E-state index contributed by atoms with van der Waals surface area (Å²) in [7, 11) is 7.68. The number of hydrogen-bond donors (Lipinski definition) is 0. The van der Waals surface area contributed by atoms with Crippen molar-refractivity contribution in [1.29, 1.82) is 0 Å². The minimum absolute atomic E-state index is 0.886. The predicted molar refractivity (Wildman–Crippen MR) is 121 cm³/mol. The Morgan fingerprint density at radius 1 is 0.571 bits per heavy atom. The molecule has 0 aliphatic carbocycles. The number of aryl methyl sites for hydroxylation is 2. The molecule has 3 aromatic carbocycles. The molecule has 0 saturated carbocycles. The molecule has 0 bridgehead atoms. The number of fused-ring (bicyclic) bond motifs is 4. The van der Waals surface area contributed by atoms with E-state index in [1.807, 2.05) is 12.1 Å². The van der Waals surface area contributed by atoms with Crippen molar-refractivity contribution in [3.8, 4) is 11.5 Å². The number of ether oxygens (including phenoxy) is 2. The standard InChI is InChI=1S/C22H20N2O2S2/c1-23-15-7-5-13(25-3)9-19(15)27-21-12-18-22(11-17(21)23)28-20-10-14(26-4)6-8-16(20)24(18)2/h5-12H,1-4H3. The summed E-state index contributed by atoms with van der Waals surface area (Å²) < 4.78 is 20.3. The van der Waals surface area contributed by atoms with Gasteiger partial charge in [0.2, 0.25) is 0 Å². The van der Waals surface area contributed by atoms with E-state index < -0.39 is 0 Å². The number of benzene rings is 3. The van der Waals surface area contributed by atoms with E-state index in [0.29, 0.717) is 0 Å². The Morgan fingerprint density at radius 3 is 1.36 bits per heavy atom. The molecule has 0 aliphatic rings. The third-order valence-electron chi connectivity index (χ3n) is 5.26. The summed E-state index contributed by atoms with van der Waals surface area (Å²) in [6, 6.07) is 17.1. The summed E-state index contributed by atoms with van der Waals surface area (Å²) in [6.07, 6.45) is 0. The van der Waals surface area contributed by atoms with E-state index in [2.05, 4.69) is 59.6 Å². The summed E-state index contributed by atoms with van der Waals surface area (Å²) in [5.41, 5.74) is 4.87. The van der Waals surface area contributed by atoms with Crippen molar-refractivity contribution >= 4 is 63.5 Å². The maximum atomic E-state index is 5.42. The van der Waals surface area contributed by atoms with Gasteiger partial charge in [-0.05, 0) is 48.5 Å². The lowest BCUT2D eigenvalue weighted by Crippen LogP contribution is -1.98. The second-order valence-electron chi connectivity index (χ2n) is 6.78. The van der Waals surface area contributed by atoms with Crippen LogP contribution >= 0.6 is 22.7 Å². The van der Waals surface area contributed by atoms with E-state index in [4.69, 9.17) is 9.47 Å². The zero-order chi connectivity index (χ0) is 19.4. The zero-order valence-corrected chi connectivity index (χ0v) is 17.8. The minimum atomic E-state index is 0.886. The number of methoxy groups -OCH3 is 2. The van der Waals surface area contributed by atoms with Crippen molar-refractivity contribution < 1.29 is 9.47 Å². The molecule has 0 amide bonds. The average Bonchev–Trinajstić information content (AvgIpc) is 2.72. The van der Waals surface area contributed by atoms with E-state index in [1.54, 1.807) is 36.9 Å². The largest absolute Gasteiger partial charge is 0.497 e. The molecule has 0 spiro atoms. The highest BCUT2D eigenvalue weighted by Crippen LogP contribution is 2.36. The molecular weight excluding hydrogens is 388 g/mol. The Morgan fingerprint density at radius 2 is 0.964 bits per heavy atom. The van der Waals surface area contributed by atoms with Gasteiger partial charge in [-0.25, -0.2) is 0 Å². The molecule has 2 aromatic heterocycles. The molecule has 4 nitrogen and oxygen atoms in total. The smallest absolute Gasteiger partial charge is 0.120 e. The summed E-state index contributed by atoms with van der Waals surface area (Å²) >= 11 is 3.60. The molecule has 28 heavy (non-hydrogen) atoms. The van der Waals surface area contributed by atoms with Crippen LogP contribution in [0.1, 0.15) is 0 Å². The molecule has 5 rings (SSSR count). The van der Waals surface area contributed by atoms with Crippen LogP contribution < -0.4 is 9.47 Å². The van der Waals surface area contributed by atoms with Crippen molar-refractivity contribution in [2.45, 2.75) is 0 Å². The number of rotatable bonds is 2. The molecule has 0 N–H and O–H groups in total. The van der Waals surface area contributed by atoms with Gasteiger partial charge < -0.3 is 18.6 Å². The fourth-order valence-electron chi connectivity index (χ4n) is 3.68. The highest BCUT2D eigenvalue weighted by Gasteiger charge is 2.10. The molecule has 0 saturated heterocycles. The van der Waals surface area contributed by atoms with Crippen LogP contribution in [0.4, 0.5) is 0 Å². The Bertz CT molecular complexity index is 1310. The third kappa shape index (κ3) is 2.56. The second-order valence-corrected chi connectivity index (χ2v) is 8.94. The molecule has 6 heteroatoms. The van der Waals surface area contributed by atoms with Crippen LogP contribution in [0.15, 0.2) is 48.5 Å². The van der Waals surface area contributed by atoms with Gasteiger partial charge >= 0.3 is 0 Å².